The average Bonchev–Trinajstić information content (AvgIpc) is 2.67. The third-order valence-electron chi connectivity index (χ3n) is 4.98. The SMILES string of the molecule is CC(C)c1ccc(/C=C(/c2ccc(C(C)C)cc2)c2c(N)ncnc2N)cc1. The number of nitrogens with two attached hydrogens (primary N) is 2. The molecule has 0 radical (unpaired) electrons. The molecule has 0 unspecified atom stereocenters. The van der Waals surface area contributed by atoms with Crippen molar-refractivity contribution in [3.63, 3.8) is 0 Å². The first-order chi connectivity index (χ1) is 13.4. The first kappa shape index (κ1) is 19.6. The number of nitrogens with zero attached hydrogens (tertiary/aromatic N) is 2. The topological polar surface area (TPSA) is 77.8 Å². The number of aromatic nitrogens is 2. The Balaban J connectivity index is 2.14. The molecule has 2 aromatic carbocycles. The van der Waals surface area contributed by atoms with Gasteiger partial charge in [-0.25, -0.2) is 9.97 Å². The predicted octanol–water partition coefficient (Wildman–Crippen LogP) is 5.48. The number of benzene rings is 2. The molecule has 28 heavy (non-hydrogen) atoms. The van der Waals surface area contributed by atoms with E-state index in [1.165, 1.54) is 17.5 Å². The van der Waals surface area contributed by atoms with Gasteiger partial charge in [-0.15, -0.1) is 0 Å². The molecule has 0 amide bonds. The molecule has 0 atom stereocenters. The van der Waals surface area contributed by atoms with Gasteiger partial charge >= 0.3 is 0 Å². The molecule has 3 aromatic rings. The van der Waals surface area contributed by atoms with E-state index in [0.29, 0.717) is 29.0 Å². The molecule has 0 saturated carbocycles. The van der Waals surface area contributed by atoms with Gasteiger partial charge in [-0.05, 0) is 45.7 Å². The van der Waals surface area contributed by atoms with E-state index in [1.54, 1.807) is 0 Å². The van der Waals surface area contributed by atoms with Gasteiger partial charge in [0.2, 0.25) is 0 Å². The highest BCUT2D eigenvalue weighted by Crippen LogP contribution is 2.33. The summed E-state index contributed by atoms with van der Waals surface area (Å²) in [4.78, 5) is 8.31. The van der Waals surface area contributed by atoms with Crippen LogP contribution in [0, 0.1) is 0 Å². The van der Waals surface area contributed by atoms with Gasteiger partial charge < -0.3 is 11.5 Å². The molecule has 0 aliphatic heterocycles. The zero-order valence-corrected chi connectivity index (χ0v) is 17.0. The first-order valence-electron chi connectivity index (χ1n) is 9.65. The Kier molecular flexibility index (Phi) is 5.78. The maximum absolute atomic E-state index is 6.18. The van der Waals surface area contributed by atoms with E-state index in [-0.39, 0.29) is 0 Å². The minimum atomic E-state index is 0.380. The quantitative estimate of drug-likeness (QED) is 0.582. The van der Waals surface area contributed by atoms with Gasteiger partial charge in [0.25, 0.3) is 0 Å². The van der Waals surface area contributed by atoms with Crippen molar-refractivity contribution < 1.29 is 0 Å². The van der Waals surface area contributed by atoms with Crippen molar-refractivity contribution in [2.75, 3.05) is 11.5 Å². The highest BCUT2D eigenvalue weighted by atomic mass is 15.0. The average molecular weight is 373 g/mol. The fraction of sp³-hybridized carbons (Fsp3) is 0.250. The van der Waals surface area contributed by atoms with Crippen LogP contribution in [0.5, 0.6) is 0 Å². The van der Waals surface area contributed by atoms with Crippen molar-refractivity contribution >= 4 is 23.3 Å². The van der Waals surface area contributed by atoms with Crippen LogP contribution in [0.2, 0.25) is 0 Å². The molecular weight excluding hydrogens is 344 g/mol. The van der Waals surface area contributed by atoms with E-state index in [4.69, 9.17) is 11.5 Å². The van der Waals surface area contributed by atoms with E-state index in [1.807, 2.05) is 0 Å². The lowest BCUT2D eigenvalue weighted by Gasteiger charge is -2.14. The van der Waals surface area contributed by atoms with Crippen LogP contribution < -0.4 is 11.5 Å². The normalized spacial score (nSPS) is 12.0. The second-order valence-corrected chi connectivity index (χ2v) is 7.68. The van der Waals surface area contributed by atoms with Crippen LogP contribution in [0.1, 0.15) is 67.3 Å². The molecular formula is C24H28N4. The van der Waals surface area contributed by atoms with Crippen LogP contribution in [-0.2, 0) is 0 Å². The van der Waals surface area contributed by atoms with E-state index in [0.717, 1.165) is 16.7 Å². The molecule has 0 saturated heterocycles. The number of hydrogen-bond acceptors (Lipinski definition) is 4. The second-order valence-electron chi connectivity index (χ2n) is 7.68. The lowest BCUT2D eigenvalue weighted by atomic mass is 9.93. The Morgan fingerprint density at radius 1 is 0.750 bits per heavy atom. The van der Waals surface area contributed by atoms with E-state index < -0.39 is 0 Å². The zero-order chi connectivity index (χ0) is 20.3. The molecule has 4 nitrogen and oxygen atoms in total. The Morgan fingerprint density at radius 2 is 1.21 bits per heavy atom. The van der Waals surface area contributed by atoms with Gasteiger partial charge in [0.1, 0.15) is 18.0 Å². The summed E-state index contributed by atoms with van der Waals surface area (Å²) in [5, 5.41) is 0. The lowest BCUT2D eigenvalue weighted by Crippen LogP contribution is -2.05. The molecule has 0 aliphatic rings. The Labute approximate surface area is 167 Å². The first-order valence-corrected chi connectivity index (χ1v) is 9.65. The van der Waals surface area contributed by atoms with Gasteiger partial charge in [-0.3, -0.25) is 0 Å². The minimum absolute atomic E-state index is 0.380. The lowest BCUT2D eigenvalue weighted by molar-refractivity contribution is 0.866. The highest BCUT2D eigenvalue weighted by molar-refractivity contribution is 5.97. The summed E-state index contributed by atoms with van der Waals surface area (Å²) >= 11 is 0. The van der Waals surface area contributed by atoms with Crippen molar-refractivity contribution in [3.05, 3.63) is 82.7 Å². The minimum Gasteiger partial charge on any atom is -0.383 e. The summed E-state index contributed by atoms with van der Waals surface area (Å²) < 4.78 is 0. The fourth-order valence-electron chi connectivity index (χ4n) is 3.18. The molecule has 144 valence electrons. The molecule has 0 aliphatic carbocycles. The number of nitrogen functional groups attached to an aromatic ring is 2. The van der Waals surface area contributed by atoms with Gasteiger partial charge in [-0.2, -0.15) is 0 Å². The Bertz CT molecular complexity index is 948. The van der Waals surface area contributed by atoms with Gasteiger partial charge in [0.15, 0.2) is 0 Å². The number of hydrogen-bond donors (Lipinski definition) is 2. The van der Waals surface area contributed by atoms with E-state index >= 15 is 0 Å². The maximum Gasteiger partial charge on any atom is 0.136 e. The summed E-state index contributed by atoms with van der Waals surface area (Å²) in [6.07, 6.45) is 3.49. The summed E-state index contributed by atoms with van der Waals surface area (Å²) in [6, 6.07) is 17.1. The smallest absolute Gasteiger partial charge is 0.136 e. The molecule has 0 spiro atoms. The fourth-order valence-corrected chi connectivity index (χ4v) is 3.18. The third-order valence-corrected chi connectivity index (χ3v) is 4.98. The van der Waals surface area contributed by atoms with Crippen LogP contribution in [0.3, 0.4) is 0 Å². The van der Waals surface area contributed by atoms with Crippen LogP contribution >= 0.6 is 0 Å². The van der Waals surface area contributed by atoms with Crippen LogP contribution in [-0.4, -0.2) is 9.97 Å². The largest absolute Gasteiger partial charge is 0.383 e. The summed E-state index contributed by atoms with van der Waals surface area (Å²) in [7, 11) is 0. The zero-order valence-electron chi connectivity index (χ0n) is 17.0. The summed E-state index contributed by atoms with van der Waals surface area (Å²) in [5.41, 5.74) is 18.7. The van der Waals surface area contributed by atoms with E-state index in [9.17, 15) is 0 Å². The highest BCUT2D eigenvalue weighted by Gasteiger charge is 2.15. The number of anilines is 2. The number of rotatable bonds is 5. The monoisotopic (exact) mass is 372 g/mol. The Hall–Kier alpha value is -3.14. The van der Waals surface area contributed by atoms with Crippen molar-refractivity contribution in [2.24, 2.45) is 0 Å². The molecule has 0 fully saturated rings. The van der Waals surface area contributed by atoms with E-state index in [2.05, 4.69) is 92.3 Å². The van der Waals surface area contributed by atoms with Crippen molar-refractivity contribution in [2.45, 2.75) is 39.5 Å². The molecule has 4 heteroatoms. The van der Waals surface area contributed by atoms with Crippen molar-refractivity contribution in [1.29, 1.82) is 0 Å². The molecule has 1 aromatic heterocycles. The Morgan fingerprint density at radius 3 is 1.68 bits per heavy atom. The molecule has 0 bridgehead atoms. The van der Waals surface area contributed by atoms with Crippen molar-refractivity contribution in [1.82, 2.24) is 9.97 Å². The van der Waals surface area contributed by atoms with Gasteiger partial charge in [0, 0.05) is 0 Å². The van der Waals surface area contributed by atoms with Crippen LogP contribution in [0.15, 0.2) is 54.9 Å². The summed E-state index contributed by atoms with van der Waals surface area (Å²) in [6.45, 7) is 8.75. The van der Waals surface area contributed by atoms with Crippen LogP contribution in [0.4, 0.5) is 11.6 Å². The van der Waals surface area contributed by atoms with Crippen molar-refractivity contribution in [3.8, 4) is 0 Å². The van der Waals surface area contributed by atoms with Crippen LogP contribution in [0.25, 0.3) is 11.6 Å². The summed E-state index contributed by atoms with van der Waals surface area (Å²) in [5.74, 6) is 1.73. The van der Waals surface area contributed by atoms with Gasteiger partial charge in [0.05, 0.1) is 5.56 Å². The molecule has 1 heterocycles. The third kappa shape index (κ3) is 4.22. The molecule has 4 N–H and O–H groups in total. The maximum atomic E-state index is 6.18. The van der Waals surface area contributed by atoms with Gasteiger partial charge in [-0.1, -0.05) is 76.2 Å². The molecule has 3 rings (SSSR count). The second kappa shape index (κ2) is 8.26. The standard InChI is InChI=1S/C24H28N4/c1-15(2)18-7-5-17(6-8-18)13-21(22-23(25)27-14-28-24(22)26)20-11-9-19(10-12-20)16(3)4/h5-16H,1-4H3,(H4,25,26,27,28)/b21-13-. The predicted molar refractivity (Wildman–Crippen MR) is 119 cm³/mol.